The van der Waals surface area contributed by atoms with Crippen molar-refractivity contribution in [1.82, 2.24) is 19.7 Å². The molecule has 0 unspecified atom stereocenters. The molecule has 1 aliphatic rings. The van der Waals surface area contributed by atoms with Crippen molar-refractivity contribution in [3.63, 3.8) is 0 Å². The molecule has 1 fully saturated rings. The highest BCUT2D eigenvalue weighted by Crippen LogP contribution is 2.32. The molecule has 9 heteroatoms. The molecule has 2 aromatic heterocycles. The second-order valence-corrected chi connectivity index (χ2v) is 8.25. The van der Waals surface area contributed by atoms with Gasteiger partial charge in [0.15, 0.2) is 11.6 Å². The van der Waals surface area contributed by atoms with Crippen LogP contribution in [0.4, 0.5) is 10.2 Å². The Morgan fingerprint density at radius 2 is 1.97 bits per heavy atom. The Balaban J connectivity index is 1.52. The molecule has 0 aliphatic carbocycles. The quantitative estimate of drug-likeness (QED) is 0.565. The van der Waals surface area contributed by atoms with Gasteiger partial charge in [0.05, 0.1) is 17.3 Å². The van der Waals surface area contributed by atoms with Gasteiger partial charge in [0.25, 0.3) is 0 Å². The zero-order chi connectivity index (χ0) is 21.3. The van der Waals surface area contributed by atoms with Gasteiger partial charge in [-0.25, -0.2) is 9.37 Å². The minimum absolute atomic E-state index is 0.0282. The molecular weight excluding hydrogens is 428 g/mol. The maximum absolute atomic E-state index is 13.7. The Bertz CT molecular complexity index is 1050. The molecule has 1 aliphatic heterocycles. The molecule has 30 heavy (non-hydrogen) atoms. The zero-order valence-corrected chi connectivity index (χ0v) is 18.0. The molecule has 158 valence electrons. The third-order valence-corrected chi connectivity index (χ3v) is 6.15. The van der Waals surface area contributed by atoms with E-state index in [9.17, 15) is 4.39 Å². The first kappa shape index (κ1) is 20.9. The highest BCUT2D eigenvalue weighted by Gasteiger charge is 2.19. The fourth-order valence-corrected chi connectivity index (χ4v) is 4.01. The Labute approximate surface area is 184 Å². The maximum atomic E-state index is 13.7. The van der Waals surface area contributed by atoms with Crippen LogP contribution in [0.5, 0.6) is 5.75 Å². The number of nitrogens with zero attached hydrogens (tertiary/aromatic N) is 4. The van der Waals surface area contributed by atoms with E-state index < -0.39 is 5.82 Å². The SMILES string of the molecule is CN1CCC(n2cc(-c3cnc(N)c(OCc4c(Cl)ccc(F)c4Cl)c3)cn2)CC1. The standard InChI is InChI=1S/C21H22Cl2FN5O/c1-28-6-4-15(5-7-28)29-11-14(10-27-29)13-8-19(21(25)26-9-13)30-12-16-17(22)2-3-18(24)20(16)23/h2-3,8-11,15H,4-7,12H2,1H3,(H2,25,26). The lowest BCUT2D eigenvalue weighted by molar-refractivity contribution is 0.212. The molecule has 4 rings (SSSR count). The van der Waals surface area contributed by atoms with Crippen molar-refractivity contribution < 1.29 is 9.13 Å². The van der Waals surface area contributed by atoms with Crippen LogP contribution in [0, 0.1) is 5.82 Å². The normalized spacial score (nSPS) is 15.5. The van der Waals surface area contributed by atoms with E-state index in [-0.39, 0.29) is 17.4 Å². The zero-order valence-electron chi connectivity index (χ0n) is 16.5. The first-order valence-corrected chi connectivity index (χ1v) is 10.4. The van der Waals surface area contributed by atoms with Gasteiger partial charge in [0.2, 0.25) is 0 Å². The summed E-state index contributed by atoms with van der Waals surface area (Å²) in [6.45, 7) is 2.10. The number of nitrogens with two attached hydrogens (primary N) is 1. The van der Waals surface area contributed by atoms with E-state index in [4.69, 9.17) is 33.7 Å². The summed E-state index contributed by atoms with van der Waals surface area (Å²) in [6, 6.07) is 4.84. The maximum Gasteiger partial charge on any atom is 0.166 e. The van der Waals surface area contributed by atoms with Crippen molar-refractivity contribution in [2.75, 3.05) is 25.9 Å². The molecule has 0 spiro atoms. The van der Waals surface area contributed by atoms with Crippen LogP contribution in [-0.2, 0) is 6.61 Å². The number of halogens is 3. The highest BCUT2D eigenvalue weighted by atomic mass is 35.5. The molecule has 1 aromatic carbocycles. The summed E-state index contributed by atoms with van der Waals surface area (Å²) in [6.07, 6.45) is 7.66. The number of anilines is 1. The summed E-state index contributed by atoms with van der Waals surface area (Å²) in [5.74, 6) is 0.0434. The van der Waals surface area contributed by atoms with Crippen molar-refractivity contribution in [3.8, 4) is 16.9 Å². The van der Waals surface area contributed by atoms with Gasteiger partial charge < -0.3 is 15.4 Å². The Hall–Kier alpha value is -2.35. The highest BCUT2D eigenvalue weighted by molar-refractivity contribution is 6.36. The number of pyridine rings is 1. The smallest absolute Gasteiger partial charge is 0.166 e. The van der Waals surface area contributed by atoms with Crippen LogP contribution >= 0.6 is 23.2 Å². The Kier molecular flexibility index (Phi) is 6.13. The number of benzene rings is 1. The van der Waals surface area contributed by atoms with E-state index in [2.05, 4.69) is 22.0 Å². The topological polar surface area (TPSA) is 69.2 Å². The molecule has 0 saturated carbocycles. The third kappa shape index (κ3) is 4.38. The molecule has 0 radical (unpaired) electrons. The average Bonchev–Trinajstić information content (AvgIpc) is 3.23. The second-order valence-electron chi connectivity index (χ2n) is 7.46. The van der Waals surface area contributed by atoms with Crippen molar-refractivity contribution in [3.05, 3.63) is 58.2 Å². The predicted octanol–water partition coefficient (Wildman–Crippen LogP) is 4.82. The molecule has 1 saturated heterocycles. The van der Waals surface area contributed by atoms with Crippen LogP contribution in [0.1, 0.15) is 24.4 Å². The van der Waals surface area contributed by atoms with Gasteiger partial charge in [-0.2, -0.15) is 5.10 Å². The molecule has 0 atom stereocenters. The van der Waals surface area contributed by atoms with E-state index in [0.29, 0.717) is 22.4 Å². The summed E-state index contributed by atoms with van der Waals surface area (Å²) in [4.78, 5) is 6.56. The number of hydrogen-bond donors (Lipinski definition) is 1. The van der Waals surface area contributed by atoms with Crippen LogP contribution in [-0.4, -0.2) is 39.8 Å². The Morgan fingerprint density at radius 3 is 2.73 bits per heavy atom. The van der Waals surface area contributed by atoms with Gasteiger partial charge in [0, 0.05) is 34.1 Å². The van der Waals surface area contributed by atoms with E-state index in [1.165, 1.54) is 12.1 Å². The molecule has 3 heterocycles. The Morgan fingerprint density at radius 1 is 1.20 bits per heavy atom. The van der Waals surface area contributed by atoms with Gasteiger partial charge in [-0.05, 0) is 51.2 Å². The largest absolute Gasteiger partial charge is 0.485 e. The lowest BCUT2D eigenvalue weighted by Crippen LogP contribution is -2.31. The van der Waals surface area contributed by atoms with Gasteiger partial charge in [-0.15, -0.1) is 0 Å². The number of likely N-dealkylation sites (tertiary alicyclic amines) is 1. The third-order valence-electron chi connectivity index (χ3n) is 5.39. The minimum atomic E-state index is -0.555. The molecule has 3 aromatic rings. The van der Waals surface area contributed by atoms with E-state index in [0.717, 1.165) is 37.1 Å². The fraction of sp³-hybridized carbons (Fsp3) is 0.333. The van der Waals surface area contributed by atoms with Gasteiger partial charge in [-0.1, -0.05) is 23.2 Å². The second kappa shape index (κ2) is 8.79. The molecule has 0 amide bonds. The molecule has 2 N–H and O–H groups in total. The van der Waals surface area contributed by atoms with E-state index in [1.807, 2.05) is 17.1 Å². The number of ether oxygens (including phenoxy) is 1. The number of rotatable bonds is 5. The van der Waals surface area contributed by atoms with Gasteiger partial charge in [0.1, 0.15) is 12.4 Å². The summed E-state index contributed by atoms with van der Waals surface area (Å²) < 4.78 is 21.5. The lowest BCUT2D eigenvalue weighted by atomic mass is 10.1. The predicted molar refractivity (Wildman–Crippen MR) is 116 cm³/mol. The van der Waals surface area contributed by atoms with Crippen molar-refractivity contribution in [2.24, 2.45) is 0 Å². The molecular formula is C21H22Cl2FN5O. The van der Waals surface area contributed by atoms with Crippen LogP contribution in [0.25, 0.3) is 11.1 Å². The number of nitrogen functional groups attached to an aromatic ring is 1. The summed E-state index contributed by atoms with van der Waals surface area (Å²) in [5, 5.41) is 4.80. The van der Waals surface area contributed by atoms with Crippen LogP contribution in [0.2, 0.25) is 10.0 Å². The summed E-state index contributed by atoms with van der Waals surface area (Å²) in [7, 11) is 2.14. The van der Waals surface area contributed by atoms with Crippen molar-refractivity contribution in [2.45, 2.75) is 25.5 Å². The van der Waals surface area contributed by atoms with Crippen molar-refractivity contribution >= 4 is 29.0 Å². The van der Waals surface area contributed by atoms with E-state index in [1.54, 1.807) is 12.3 Å². The summed E-state index contributed by atoms with van der Waals surface area (Å²) >= 11 is 12.1. The molecule has 6 nitrogen and oxygen atoms in total. The van der Waals surface area contributed by atoms with Gasteiger partial charge in [-0.3, -0.25) is 4.68 Å². The number of aromatic nitrogens is 3. The van der Waals surface area contributed by atoms with Crippen LogP contribution in [0.15, 0.2) is 36.8 Å². The molecule has 0 bridgehead atoms. The first-order chi connectivity index (χ1) is 14.4. The average molecular weight is 450 g/mol. The van der Waals surface area contributed by atoms with Crippen molar-refractivity contribution in [1.29, 1.82) is 0 Å². The monoisotopic (exact) mass is 449 g/mol. The first-order valence-electron chi connectivity index (χ1n) is 9.66. The number of piperidine rings is 1. The van der Waals surface area contributed by atoms with Crippen LogP contribution in [0.3, 0.4) is 0 Å². The van der Waals surface area contributed by atoms with Gasteiger partial charge >= 0.3 is 0 Å². The number of hydrogen-bond acceptors (Lipinski definition) is 5. The van der Waals surface area contributed by atoms with E-state index >= 15 is 0 Å². The van der Waals surface area contributed by atoms with Crippen LogP contribution < -0.4 is 10.5 Å². The summed E-state index contributed by atoms with van der Waals surface area (Å²) in [5.41, 5.74) is 8.08. The lowest BCUT2D eigenvalue weighted by Gasteiger charge is -2.28. The fourth-order valence-electron chi connectivity index (χ4n) is 3.53. The minimum Gasteiger partial charge on any atom is -0.485 e.